The second-order valence-corrected chi connectivity index (χ2v) is 9.55. The third kappa shape index (κ3) is 5.53. The van der Waals surface area contributed by atoms with Crippen LogP contribution < -0.4 is 5.32 Å². The molecule has 0 amide bonds. The first-order valence-corrected chi connectivity index (χ1v) is 11.4. The first kappa shape index (κ1) is 20.3. The first-order chi connectivity index (χ1) is 13.3. The van der Waals surface area contributed by atoms with E-state index < -0.39 is 9.84 Å². The van der Waals surface area contributed by atoms with Gasteiger partial charge in [-0.25, -0.2) is 8.42 Å². The Kier molecular flexibility index (Phi) is 6.31. The molecular formula is C22H27N3O2S. The van der Waals surface area contributed by atoms with E-state index in [0.29, 0.717) is 19.6 Å². The average Bonchev–Trinajstić information content (AvgIpc) is 3.04. The van der Waals surface area contributed by atoms with E-state index >= 15 is 0 Å². The highest BCUT2D eigenvalue weighted by molar-refractivity contribution is 7.90. The van der Waals surface area contributed by atoms with Crippen LogP contribution in [0.5, 0.6) is 0 Å². The molecule has 0 aliphatic heterocycles. The van der Waals surface area contributed by atoms with Gasteiger partial charge in [0.15, 0.2) is 0 Å². The monoisotopic (exact) mass is 397 g/mol. The summed E-state index contributed by atoms with van der Waals surface area (Å²) in [5.74, 6) is 0.129. The molecule has 1 heterocycles. The molecule has 0 unspecified atom stereocenters. The van der Waals surface area contributed by atoms with Crippen LogP contribution >= 0.6 is 0 Å². The number of sulfone groups is 1. The lowest BCUT2D eigenvalue weighted by molar-refractivity contribution is 0.596. The SMILES string of the molecule is Cc1ccc(-c2nn(Cc3ccccc3)cc2CNCCS(C)(=O)=O)cc1C. The maximum Gasteiger partial charge on any atom is 0.148 e. The lowest BCUT2D eigenvalue weighted by Crippen LogP contribution is -2.22. The van der Waals surface area contributed by atoms with Gasteiger partial charge < -0.3 is 5.32 Å². The maximum atomic E-state index is 11.4. The van der Waals surface area contributed by atoms with Crippen molar-refractivity contribution in [1.82, 2.24) is 15.1 Å². The Morgan fingerprint density at radius 2 is 1.79 bits per heavy atom. The van der Waals surface area contributed by atoms with E-state index in [4.69, 9.17) is 5.10 Å². The standard InChI is InChI=1S/C22H27N3O2S/c1-17-9-10-20(13-18(17)2)22-21(14-23-11-12-28(3,26)27)16-25(24-22)15-19-7-5-4-6-8-19/h4-10,13,16,23H,11-12,14-15H2,1-3H3. The van der Waals surface area contributed by atoms with E-state index in [9.17, 15) is 8.42 Å². The number of benzene rings is 2. The fourth-order valence-corrected chi connectivity index (χ4v) is 3.57. The van der Waals surface area contributed by atoms with Crippen LogP contribution in [-0.4, -0.2) is 36.8 Å². The van der Waals surface area contributed by atoms with Gasteiger partial charge >= 0.3 is 0 Å². The predicted molar refractivity (Wildman–Crippen MR) is 114 cm³/mol. The van der Waals surface area contributed by atoms with Crippen molar-refractivity contribution in [2.75, 3.05) is 18.6 Å². The molecule has 28 heavy (non-hydrogen) atoms. The highest BCUT2D eigenvalue weighted by Crippen LogP contribution is 2.25. The molecular weight excluding hydrogens is 370 g/mol. The lowest BCUT2D eigenvalue weighted by Gasteiger charge is -2.07. The summed E-state index contributed by atoms with van der Waals surface area (Å²) in [7, 11) is -2.97. The number of nitrogens with one attached hydrogen (secondary N) is 1. The van der Waals surface area contributed by atoms with Gasteiger partial charge in [-0.05, 0) is 36.6 Å². The smallest absolute Gasteiger partial charge is 0.148 e. The topological polar surface area (TPSA) is 64.0 Å². The number of hydrogen-bond acceptors (Lipinski definition) is 4. The Morgan fingerprint density at radius 1 is 1.04 bits per heavy atom. The van der Waals surface area contributed by atoms with Crippen molar-refractivity contribution in [2.45, 2.75) is 26.9 Å². The summed E-state index contributed by atoms with van der Waals surface area (Å²) < 4.78 is 24.7. The van der Waals surface area contributed by atoms with E-state index in [-0.39, 0.29) is 5.75 Å². The highest BCUT2D eigenvalue weighted by atomic mass is 32.2. The number of nitrogens with zero attached hydrogens (tertiary/aromatic N) is 2. The Balaban J connectivity index is 1.85. The molecule has 6 heteroatoms. The van der Waals surface area contributed by atoms with Crippen LogP contribution in [0.3, 0.4) is 0 Å². The van der Waals surface area contributed by atoms with Crippen molar-refractivity contribution in [3.63, 3.8) is 0 Å². The van der Waals surface area contributed by atoms with Gasteiger partial charge in [0.05, 0.1) is 18.0 Å². The minimum atomic E-state index is -2.97. The van der Waals surface area contributed by atoms with E-state index in [0.717, 1.165) is 16.8 Å². The number of rotatable bonds is 8. The Morgan fingerprint density at radius 3 is 2.46 bits per heavy atom. The van der Waals surface area contributed by atoms with Gasteiger partial charge in [0.2, 0.25) is 0 Å². The van der Waals surface area contributed by atoms with Crippen LogP contribution in [-0.2, 0) is 22.9 Å². The summed E-state index contributed by atoms with van der Waals surface area (Å²) in [6, 6.07) is 16.6. The van der Waals surface area contributed by atoms with Gasteiger partial charge in [-0.3, -0.25) is 4.68 Å². The third-order valence-corrected chi connectivity index (χ3v) is 5.72. The molecule has 5 nitrogen and oxygen atoms in total. The van der Waals surface area contributed by atoms with E-state index in [1.807, 2.05) is 29.1 Å². The van der Waals surface area contributed by atoms with Crippen LogP contribution in [0.15, 0.2) is 54.7 Å². The molecule has 3 aromatic rings. The van der Waals surface area contributed by atoms with E-state index in [1.165, 1.54) is 22.9 Å². The zero-order valence-electron chi connectivity index (χ0n) is 16.6. The molecule has 0 aliphatic rings. The van der Waals surface area contributed by atoms with Gasteiger partial charge in [-0.15, -0.1) is 0 Å². The number of aromatic nitrogens is 2. The molecule has 0 radical (unpaired) electrons. The molecule has 0 saturated carbocycles. The molecule has 0 saturated heterocycles. The zero-order valence-corrected chi connectivity index (χ0v) is 17.5. The Labute approximate surface area is 167 Å². The second-order valence-electron chi connectivity index (χ2n) is 7.29. The summed E-state index contributed by atoms with van der Waals surface area (Å²) in [4.78, 5) is 0. The summed E-state index contributed by atoms with van der Waals surface area (Å²) in [5, 5.41) is 8.07. The number of hydrogen-bond donors (Lipinski definition) is 1. The minimum absolute atomic E-state index is 0.129. The molecule has 148 valence electrons. The fourth-order valence-electron chi connectivity index (χ4n) is 3.06. The molecule has 0 atom stereocenters. The molecule has 0 bridgehead atoms. The fraction of sp³-hybridized carbons (Fsp3) is 0.318. The Bertz CT molecular complexity index is 1040. The van der Waals surface area contributed by atoms with Gasteiger partial charge in [0.25, 0.3) is 0 Å². The highest BCUT2D eigenvalue weighted by Gasteiger charge is 2.13. The lowest BCUT2D eigenvalue weighted by atomic mass is 10.0. The van der Waals surface area contributed by atoms with Crippen molar-refractivity contribution in [1.29, 1.82) is 0 Å². The summed E-state index contributed by atoms with van der Waals surface area (Å²) >= 11 is 0. The Hall–Kier alpha value is -2.44. The van der Waals surface area contributed by atoms with Crippen LogP contribution in [0.4, 0.5) is 0 Å². The van der Waals surface area contributed by atoms with Gasteiger partial charge in [-0.1, -0.05) is 42.5 Å². The maximum absolute atomic E-state index is 11.4. The summed E-state index contributed by atoms with van der Waals surface area (Å²) in [6.07, 6.45) is 3.30. The molecule has 0 spiro atoms. The van der Waals surface area contributed by atoms with Crippen LogP contribution in [0.25, 0.3) is 11.3 Å². The molecule has 0 fully saturated rings. The van der Waals surface area contributed by atoms with Gasteiger partial charge in [0, 0.05) is 36.7 Å². The second kappa shape index (κ2) is 8.71. The number of aryl methyl sites for hydroxylation is 2. The first-order valence-electron chi connectivity index (χ1n) is 9.38. The average molecular weight is 398 g/mol. The molecule has 0 aliphatic carbocycles. The quantitative estimate of drug-likeness (QED) is 0.592. The molecule has 1 aromatic heterocycles. The minimum Gasteiger partial charge on any atom is -0.312 e. The zero-order chi connectivity index (χ0) is 20.1. The van der Waals surface area contributed by atoms with E-state index in [1.54, 1.807) is 0 Å². The predicted octanol–water partition coefficient (Wildman–Crippen LogP) is 3.35. The summed E-state index contributed by atoms with van der Waals surface area (Å²) in [6.45, 7) is 5.90. The van der Waals surface area contributed by atoms with Crippen LogP contribution in [0.1, 0.15) is 22.3 Å². The van der Waals surface area contributed by atoms with Crippen molar-refractivity contribution in [3.05, 3.63) is 77.0 Å². The van der Waals surface area contributed by atoms with Crippen molar-refractivity contribution < 1.29 is 8.42 Å². The molecule has 3 rings (SSSR count). The van der Waals surface area contributed by atoms with Crippen LogP contribution in [0.2, 0.25) is 0 Å². The van der Waals surface area contributed by atoms with Gasteiger partial charge in [0.1, 0.15) is 9.84 Å². The third-order valence-electron chi connectivity index (χ3n) is 4.77. The van der Waals surface area contributed by atoms with Gasteiger partial charge in [-0.2, -0.15) is 5.10 Å². The van der Waals surface area contributed by atoms with Crippen molar-refractivity contribution in [2.24, 2.45) is 0 Å². The van der Waals surface area contributed by atoms with E-state index in [2.05, 4.69) is 49.5 Å². The largest absolute Gasteiger partial charge is 0.312 e. The summed E-state index contributed by atoms with van der Waals surface area (Å²) in [5.41, 5.74) is 6.74. The van der Waals surface area contributed by atoms with Crippen LogP contribution in [0, 0.1) is 13.8 Å². The molecule has 1 N–H and O–H groups in total. The van der Waals surface area contributed by atoms with Crippen molar-refractivity contribution in [3.8, 4) is 11.3 Å². The normalized spacial score (nSPS) is 11.7. The van der Waals surface area contributed by atoms with Crippen molar-refractivity contribution >= 4 is 9.84 Å². The molecule has 2 aromatic carbocycles.